The number of aromatic nitrogens is 1. The molecule has 0 bridgehead atoms. The molecule has 3 aromatic rings. The number of benzene rings is 2. The Morgan fingerprint density at radius 1 is 0.905 bits per heavy atom. The SMILES string of the molecule is O=C(c1ccc(Cl)cc1)c1ccn(-c2ccc(F)cc2)c1. The second-order valence-corrected chi connectivity index (χ2v) is 5.06. The van der Waals surface area contributed by atoms with Gasteiger partial charge in [-0.25, -0.2) is 4.39 Å². The maximum atomic E-state index is 12.9. The highest BCUT2D eigenvalue weighted by Crippen LogP contribution is 2.16. The van der Waals surface area contributed by atoms with E-state index < -0.39 is 0 Å². The van der Waals surface area contributed by atoms with Crippen LogP contribution in [0.1, 0.15) is 15.9 Å². The van der Waals surface area contributed by atoms with Crippen LogP contribution in [0.5, 0.6) is 0 Å². The van der Waals surface area contributed by atoms with Crippen LogP contribution in [0.3, 0.4) is 0 Å². The van der Waals surface area contributed by atoms with Gasteiger partial charge in [-0.1, -0.05) is 11.6 Å². The minimum Gasteiger partial charge on any atom is -0.323 e. The van der Waals surface area contributed by atoms with Gasteiger partial charge in [0.15, 0.2) is 5.78 Å². The lowest BCUT2D eigenvalue weighted by atomic mass is 10.1. The molecule has 1 heterocycles. The molecule has 0 fully saturated rings. The van der Waals surface area contributed by atoms with Crippen LogP contribution in [-0.4, -0.2) is 10.4 Å². The summed E-state index contributed by atoms with van der Waals surface area (Å²) >= 11 is 5.81. The molecule has 21 heavy (non-hydrogen) atoms. The van der Waals surface area contributed by atoms with Crippen molar-refractivity contribution in [1.82, 2.24) is 4.57 Å². The number of hydrogen-bond acceptors (Lipinski definition) is 1. The summed E-state index contributed by atoms with van der Waals surface area (Å²) in [7, 11) is 0. The molecular weight excluding hydrogens is 289 g/mol. The Morgan fingerprint density at radius 2 is 1.57 bits per heavy atom. The van der Waals surface area contributed by atoms with E-state index in [1.807, 2.05) is 0 Å². The smallest absolute Gasteiger partial charge is 0.194 e. The predicted molar refractivity (Wildman–Crippen MR) is 80.6 cm³/mol. The Bertz CT molecular complexity index is 775. The Hall–Kier alpha value is -2.39. The van der Waals surface area contributed by atoms with Crippen molar-refractivity contribution in [2.24, 2.45) is 0 Å². The summed E-state index contributed by atoms with van der Waals surface area (Å²) < 4.78 is 14.7. The van der Waals surface area contributed by atoms with Crippen LogP contribution < -0.4 is 0 Å². The van der Waals surface area contributed by atoms with Crippen LogP contribution >= 0.6 is 11.6 Å². The van der Waals surface area contributed by atoms with Crippen molar-refractivity contribution in [3.8, 4) is 5.69 Å². The molecule has 0 aliphatic rings. The number of carbonyl (C=O) groups excluding carboxylic acids is 1. The Labute approximate surface area is 126 Å². The average Bonchev–Trinajstić information content (AvgIpc) is 2.98. The van der Waals surface area contributed by atoms with Gasteiger partial charge < -0.3 is 4.57 Å². The van der Waals surface area contributed by atoms with E-state index in [2.05, 4.69) is 0 Å². The molecule has 104 valence electrons. The molecule has 0 aliphatic heterocycles. The van der Waals surface area contributed by atoms with Crippen LogP contribution in [0, 0.1) is 5.82 Å². The van der Waals surface area contributed by atoms with Crippen LogP contribution in [0.4, 0.5) is 4.39 Å². The molecule has 2 aromatic carbocycles. The third kappa shape index (κ3) is 2.88. The third-order valence-electron chi connectivity index (χ3n) is 3.19. The van der Waals surface area contributed by atoms with Gasteiger partial charge in [-0.2, -0.15) is 0 Å². The summed E-state index contributed by atoms with van der Waals surface area (Å²) in [5.41, 5.74) is 1.95. The van der Waals surface area contributed by atoms with Crippen LogP contribution in [-0.2, 0) is 0 Å². The van der Waals surface area contributed by atoms with Gasteiger partial charge >= 0.3 is 0 Å². The molecule has 4 heteroatoms. The molecular formula is C17H11ClFNO. The summed E-state index contributed by atoms with van der Waals surface area (Å²) in [5.74, 6) is -0.365. The lowest BCUT2D eigenvalue weighted by Crippen LogP contribution is -1.99. The predicted octanol–water partition coefficient (Wildman–Crippen LogP) is 4.50. The standard InChI is InChI=1S/C17H11ClFNO/c18-14-3-1-12(2-4-14)17(21)13-9-10-20(11-13)16-7-5-15(19)6-8-16/h1-11H. The molecule has 2 nitrogen and oxygen atoms in total. The van der Waals surface area contributed by atoms with E-state index in [1.165, 1.54) is 12.1 Å². The first kappa shape index (κ1) is 13.6. The van der Waals surface area contributed by atoms with Gasteiger partial charge in [0.25, 0.3) is 0 Å². The van der Waals surface area contributed by atoms with E-state index in [0.29, 0.717) is 16.1 Å². The molecule has 0 radical (unpaired) electrons. The summed E-state index contributed by atoms with van der Waals surface area (Å²) in [4.78, 5) is 12.3. The van der Waals surface area contributed by atoms with Crippen molar-refractivity contribution in [3.05, 3.63) is 89.0 Å². The topological polar surface area (TPSA) is 22.0 Å². The lowest BCUT2D eigenvalue weighted by Gasteiger charge is -2.02. The molecule has 1 aromatic heterocycles. The fourth-order valence-electron chi connectivity index (χ4n) is 2.07. The van der Waals surface area contributed by atoms with Gasteiger partial charge in [-0.05, 0) is 54.6 Å². The molecule has 0 aliphatic carbocycles. The van der Waals surface area contributed by atoms with E-state index in [4.69, 9.17) is 11.6 Å². The second kappa shape index (κ2) is 5.54. The Morgan fingerprint density at radius 3 is 2.24 bits per heavy atom. The van der Waals surface area contributed by atoms with Gasteiger partial charge in [0, 0.05) is 34.2 Å². The minimum atomic E-state index is -0.289. The average molecular weight is 300 g/mol. The summed E-state index contributed by atoms with van der Waals surface area (Å²) in [6.45, 7) is 0. The molecule has 0 saturated heterocycles. The molecule has 3 rings (SSSR count). The van der Waals surface area contributed by atoms with Gasteiger partial charge in [-0.3, -0.25) is 4.79 Å². The Balaban J connectivity index is 1.89. The van der Waals surface area contributed by atoms with Crippen LogP contribution in [0.15, 0.2) is 67.0 Å². The lowest BCUT2D eigenvalue weighted by molar-refractivity contribution is 0.103. The first-order valence-corrected chi connectivity index (χ1v) is 6.75. The van der Waals surface area contributed by atoms with Crippen molar-refractivity contribution >= 4 is 17.4 Å². The van der Waals surface area contributed by atoms with Crippen LogP contribution in [0.2, 0.25) is 5.02 Å². The van der Waals surface area contributed by atoms with E-state index in [1.54, 1.807) is 59.4 Å². The fourth-order valence-corrected chi connectivity index (χ4v) is 2.20. The number of nitrogens with zero attached hydrogens (tertiary/aromatic N) is 1. The zero-order valence-electron chi connectivity index (χ0n) is 11.0. The zero-order valence-corrected chi connectivity index (χ0v) is 11.7. The molecule has 0 saturated carbocycles. The highest BCUT2D eigenvalue weighted by Gasteiger charge is 2.11. The number of halogens is 2. The number of hydrogen-bond donors (Lipinski definition) is 0. The Kier molecular flexibility index (Phi) is 3.59. The third-order valence-corrected chi connectivity index (χ3v) is 3.44. The highest BCUT2D eigenvalue weighted by atomic mass is 35.5. The molecule has 0 N–H and O–H groups in total. The van der Waals surface area contributed by atoms with E-state index >= 15 is 0 Å². The summed E-state index contributed by atoms with van der Waals surface area (Å²) in [6, 6.07) is 14.6. The fraction of sp³-hybridized carbons (Fsp3) is 0. The van der Waals surface area contributed by atoms with E-state index in [-0.39, 0.29) is 11.6 Å². The van der Waals surface area contributed by atoms with Crippen molar-refractivity contribution < 1.29 is 9.18 Å². The normalized spacial score (nSPS) is 10.6. The van der Waals surface area contributed by atoms with Crippen molar-refractivity contribution in [1.29, 1.82) is 0 Å². The largest absolute Gasteiger partial charge is 0.323 e. The molecule has 0 spiro atoms. The zero-order chi connectivity index (χ0) is 14.8. The quantitative estimate of drug-likeness (QED) is 0.653. The van der Waals surface area contributed by atoms with Gasteiger partial charge in [0.2, 0.25) is 0 Å². The second-order valence-electron chi connectivity index (χ2n) is 4.62. The monoisotopic (exact) mass is 299 g/mol. The highest BCUT2D eigenvalue weighted by molar-refractivity contribution is 6.30. The maximum Gasteiger partial charge on any atom is 0.194 e. The van der Waals surface area contributed by atoms with Crippen molar-refractivity contribution in [2.45, 2.75) is 0 Å². The summed E-state index contributed by atoms with van der Waals surface area (Å²) in [6.07, 6.45) is 3.50. The van der Waals surface area contributed by atoms with Crippen LogP contribution in [0.25, 0.3) is 5.69 Å². The molecule has 0 amide bonds. The minimum absolute atomic E-state index is 0.0764. The van der Waals surface area contributed by atoms with Gasteiger partial charge in [-0.15, -0.1) is 0 Å². The van der Waals surface area contributed by atoms with Gasteiger partial charge in [0.05, 0.1) is 0 Å². The molecule has 0 unspecified atom stereocenters. The van der Waals surface area contributed by atoms with E-state index in [9.17, 15) is 9.18 Å². The van der Waals surface area contributed by atoms with Gasteiger partial charge in [0.1, 0.15) is 5.82 Å². The first-order chi connectivity index (χ1) is 10.1. The van der Waals surface area contributed by atoms with Crippen molar-refractivity contribution in [2.75, 3.05) is 0 Å². The molecule has 0 atom stereocenters. The maximum absolute atomic E-state index is 12.9. The first-order valence-electron chi connectivity index (χ1n) is 6.38. The summed E-state index contributed by atoms with van der Waals surface area (Å²) in [5, 5.41) is 0.593. The number of rotatable bonds is 3. The number of carbonyl (C=O) groups is 1. The number of ketones is 1. The van der Waals surface area contributed by atoms with Crippen molar-refractivity contribution in [3.63, 3.8) is 0 Å². The van der Waals surface area contributed by atoms with E-state index in [0.717, 1.165) is 5.69 Å².